The van der Waals surface area contributed by atoms with Gasteiger partial charge in [-0.1, -0.05) is 18.2 Å². The van der Waals surface area contributed by atoms with Crippen molar-refractivity contribution in [3.8, 4) is 0 Å². The van der Waals surface area contributed by atoms with Crippen molar-refractivity contribution < 1.29 is 0 Å². The predicted octanol–water partition coefficient (Wildman–Crippen LogP) is 3.13. The minimum absolute atomic E-state index is 1.05. The molecule has 1 aromatic carbocycles. The first-order valence-corrected chi connectivity index (χ1v) is 6.14. The van der Waals surface area contributed by atoms with Crippen molar-refractivity contribution in [2.45, 2.75) is 17.9 Å². The normalized spacial score (nSPS) is 15.1. The van der Waals surface area contributed by atoms with E-state index in [1.165, 1.54) is 23.4 Å². The topological polar surface area (TPSA) is 3.24 Å². The Morgan fingerprint density at radius 3 is 2.64 bits per heavy atom. The number of hydrogen-bond donors (Lipinski definition) is 0. The van der Waals surface area contributed by atoms with E-state index in [9.17, 15) is 0 Å². The third-order valence-corrected chi connectivity index (χ3v) is 3.19. The van der Waals surface area contributed by atoms with Crippen LogP contribution in [0.3, 0.4) is 0 Å². The summed E-state index contributed by atoms with van der Waals surface area (Å²) in [4.78, 5) is 3.69. The number of benzene rings is 1. The number of thioether (sulfide) groups is 1. The lowest BCUT2D eigenvalue weighted by molar-refractivity contribution is 0.400. The highest BCUT2D eigenvalue weighted by atomic mass is 32.2. The van der Waals surface area contributed by atoms with Gasteiger partial charge in [-0.05, 0) is 36.6 Å². The first-order chi connectivity index (χ1) is 6.88. The van der Waals surface area contributed by atoms with Crippen LogP contribution in [0.1, 0.15) is 12.0 Å². The monoisotopic (exact) mass is 205 g/mol. The van der Waals surface area contributed by atoms with Crippen LogP contribution in [0.2, 0.25) is 0 Å². The maximum atomic E-state index is 2.36. The Morgan fingerprint density at radius 1 is 1.29 bits per heavy atom. The average Bonchev–Trinajstić information content (AvgIpc) is 2.72. The van der Waals surface area contributed by atoms with Gasteiger partial charge in [-0.2, -0.15) is 0 Å². The summed E-state index contributed by atoms with van der Waals surface area (Å²) in [5.41, 5.74) is 1.40. The molecular formula is C12H15NS. The molecule has 0 bridgehead atoms. The van der Waals surface area contributed by atoms with Gasteiger partial charge in [-0.15, -0.1) is 11.8 Å². The highest BCUT2D eigenvalue weighted by Crippen LogP contribution is 2.16. The molecule has 0 spiro atoms. The van der Waals surface area contributed by atoms with E-state index in [1.54, 1.807) is 11.8 Å². The molecule has 2 heteroatoms. The van der Waals surface area contributed by atoms with Crippen molar-refractivity contribution in [3.05, 3.63) is 42.1 Å². The zero-order valence-electron chi connectivity index (χ0n) is 8.44. The van der Waals surface area contributed by atoms with Crippen LogP contribution in [0.15, 0.2) is 41.4 Å². The lowest BCUT2D eigenvalue weighted by atomic mass is 10.2. The largest absolute Gasteiger partial charge is 0.373 e. The van der Waals surface area contributed by atoms with Gasteiger partial charge in [0.15, 0.2) is 0 Å². The van der Waals surface area contributed by atoms with Crippen LogP contribution >= 0.6 is 11.8 Å². The molecule has 0 radical (unpaired) electrons. The maximum Gasteiger partial charge on any atom is 0.0423 e. The summed E-state index contributed by atoms with van der Waals surface area (Å²) >= 11 is 1.79. The van der Waals surface area contributed by atoms with Crippen molar-refractivity contribution in [2.24, 2.45) is 0 Å². The zero-order chi connectivity index (χ0) is 9.80. The van der Waals surface area contributed by atoms with Gasteiger partial charge in [0.25, 0.3) is 0 Å². The molecule has 1 nitrogen and oxygen atoms in total. The van der Waals surface area contributed by atoms with Crippen molar-refractivity contribution in [3.63, 3.8) is 0 Å². The quantitative estimate of drug-likeness (QED) is 0.697. The van der Waals surface area contributed by atoms with Gasteiger partial charge in [0.05, 0.1) is 0 Å². The smallest absolute Gasteiger partial charge is 0.0423 e. The van der Waals surface area contributed by atoms with Gasteiger partial charge in [0.1, 0.15) is 0 Å². The van der Waals surface area contributed by atoms with Crippen LogP contribution in [-0.4, -0.2) is 17.7 Å². The molecule has 2 rings (SSSR count). The van der Waals surface area contributed by atoms with E-state index in [0.29, 0.717) is 0 Å². The van der Waals surface area contributed by atoms with Gasteiger partial charge < -0.3 is 4.90 Å². The van der Waals surface area contributed by atoms with E-state index in [-0.39, 0.29) is 0 Å². The fourth-order valence-electron chi connectivity index (χ4n) is 1.64. The minimum Gasteiger partial charge on any atom is -0.373 e. The van der Waals surface area contributed by atoms with Crippen molar-refractivity contribution in [1.29, 1.82) is 0 Å². The summed E-state index contributed by atoms with van der Waals surface area (Å²) in [6, 6.07) is 8.83. The average molecular weight is 205 g/mol. The molecule has 0 fully saturated rings. The summed E-state index contributed by atoms with van der Waals surface area (Å²) in [7, 11) is 0. The third kappa shape index (κ3) is 2.32. The molecular weight excluding hydrogens is 190 g/mol. The lowest BCUT2D eigenvalue weighted by Gasteiger charge is -2.15. The summed E-state index contributed by atoms with van der Waals surface area (Å²) in [6.07, 6.45) is 7.74. The lowest BCUT2D eigenvalue weighted by Crippen LogP contribution is -2.13. The number of nitrogens with zero attached hydrogens (tertiary/aromatic N) is 1. The first kappa shape index (κ1) is 9.66. The summed E-state index contributed by atoms with van der Waals surface area (Å²) < 4.78 is 0. The van der Waals surface area contributed by atoms with Gasteiger partial charge in [0.2, 0.25) is 0 Å². The fourth-order valence-corrected chi connectivity index (χ4v) is 2.04. The second kappa shape index (κ2) is 4.56. The second-order valence-electron chi connectivity index (χ2n) is 3.49. The van der Waals surface area contributed by atoms with Crippen LogP contribution in [0, 0.1) is 0 Å². The van der Waals surface area contributed by atoms with E-state index in [1.807, 2.05) is 0 Å². The predicted molar refractivity (Wildman–Crippen MR) is 62.4 cm³/mol. The highest BCUT2D eigenvalue weighted by molar-refractivity contribution is 7.98. The minimum atomic E-state index is 1.05. The SMILES string of the molecule is CSc1ccc(CN2C=CCC2)cc1. The molecule has 1 aliphatic rings. The Bertz CT molecular complexity index is 316. The molecule has 0 aliphatic carbocycles. The van der Waals surface area contributed by atoms with E-state index < -0.39 is 0 Å². The molecule has 0 amide bonds. The van der Waals surface area contributed by atoms with Crippen molar-refractivity contribution in [2.75, 3.05) is 12.8 Å². The van der Waals surface area contributed by atoms with Crippen molar-refractivity contribution in [1.82, 2.24) is 4.90 Å². The van der Waals surface area contributed by atoms with Crippen LogP contribution in [0.4, 0.5) is 0 Å². The van der Waals surface area contributed by atoms with Gasteiger partial charge in [-0.25, -0.2) is 0 Å². The van der Waals surface area contributed by atoms with Crippen LogP contribution < -0.4 is 0 Å². The van der Waals surface area contributed by atoms with E-state index in [4.69, 9.17) is 0 Å². The molecule has 0 saturated carbocycles. The molecule has 0 atom stereocenters. The molecule has 0 saturated heterocycles. The van der Waals surface area contributed by atoms with Gasteiger partial charge in [-0.3, -0.25) is 0 Å². The van der Waals surface area contributed by atoms with Crippen LogP contribution in [0.25, 0.3) is 0 Å². The third-order valence-electron chi connectivity index (χ3n) is 2.44. The Labute approximate surface area is 89.8 Å². The molecule has 1 heterocycles. The maximum absolute atomic E-state index is 2.36. The summed E-state index contributed by atoms with van der Waals surface area (Å²) in [6.45, 7) is 2.22. The Hall–Kier alpha value is -0.890. The molecule has 1 aliphatic heterocycles. The van der Waals surface area contributed by atoms with E-state index in [2.05, 4.69) is 47.7 Å². The molecule has 0 aromatic heterocycles. The zero-order valence-corrected chi connectivity index (χ0v) is 9.26. The van der Waals surface area contributed by atoms with E-state index >= 15 is 0 Å². The Kier molecular flexibility index (Phi) is 3.14. The molecule has 1 aromatic rings. The molecule has 0 unspecified atom stereocenters. The van der Waals surface area contributed by atoms with Gasteiger partial charge in [0, 0.05) is 18.0 Å². The van der Waals surface area contributed by atoms with Crippen LogP contribution in [-0.2, 0) is 6.54 Å². The molecule has 74 valence electrons. The van der Waals surface area contributed by atoms with E-state index in [0.717, 1.165) is 6.54 Å². The van der Waals surface area contributed by atoms with Gasteiger partial charge >= 0.3 is 0 Å². The summed E-state index contributed by atoms with van der Waals surface area (Å²) in [5, 5.41) is 0. The molecule has 0 N–H and O–H groups in total. The number of rotatable bonds is 3. The Balaban J connectivity index is 1.99. The van der Waals surface area contributed by atoms with Crippen molar-refractivity contribution >= 4 is 11.8 Å². The Morgan fingerprint density at radius 2 is 2.07 bits per heavy atom. The molecule has 14 heavy (non-hydrogen) atoms. The summed E-state index contributed by atoms with van der Waals surface area (Å²) in [5.74, 6) is 0. The fraction of sp³-hybridized carbons (Fsp3) is 0.333. The first-order valence-electron chi connectivity index (χ1n) is 4.92. The second-order valence-corrected chi connectivity index (χ2v) is 4.37. The standard InChI is InChI=1S/C12H15NS/c1-14-12-6-4-11(5-7-12)10-13-8-2-3-9-13/h2,4-8H,3,9-10H2,1H3. The van der Waals surface area contributed by atoms with Crippen LogP contribution in [0.5, 0.6) is 0 Å². The number of hydrogen-bond acceptors (Lipinski definition) is 2. The highest BCUT2D eigenvalue weighted by Gasteiger charge is 2.04.